The normalized spacial score (nSPS) is 20.3. The van der Waals surface area contributed by atoms with Gasteiger partial charge in [0.25, 0.3) is 5.91 Å². The molecule has 8 nitrogen and oxygen atoms in total. The van der Waals surface area contributed by atoms with E-state index in [1.54, 1.807) is 6.92 Å². The van der Waals surface area contributed by atoms with Gasteiger partial charge in [0.05, 0.1) is 0 Å². The van der Waals surface area contributed by atoms with Crippen molar-refractivity contribution in [2.45, 2.75) is 45.2 Å². The van der Waals surface area contributed by atoms with Crippen molar-refractivity contribution in [3.63, 3.8) is 0 Å². The van der Waals surface area contributed by atoms with Gasteiger partial charge in [-0.2, -0.15) is 0 Å². The fourth-order valence-electron chi connectivity index (χ4n) is 1.75. The number of rotatable bonds is 5. The SMILES string of the molecule is CCC(C)(NC(=O)CN1C(=O)NC(C)(C)C1=O)C(=O)O. The van der Waals surface area contributed by atoms with E-state index in [-0.39, 0.29) is 6.42 Å². The van der Waals surface area contributed by atoms with Crippen molar-refractivity contribution < 1.29 is 24.3 Å². The van der Waals surface area contributed by atoms with Gasteiger partial charge in [-0.3, -0.25) is 14.5 Å². The van der Waals surface area contributed by atoms with Crippen molar-refractivity contribution in [1.82, 2.24) is 15.5 Å². The van der Waals surface area contributed by atoms with Crippen molar-refractivity contribution in [3.05, 3.63) is 0 Å². The number of aliphatic carboxylic acids is 1. The molecule has 0 bridgehead atoms. The van der Waals surface area contributed by atoms with Crippen LogP contribution >= 0.6 is 0 Å². The lowest BCUT2D eigenvalue weighted by Gasteiger charge is -2.25. The Bertz CT molecular complexity index is 474. The molecule has 20 heavy (non-hydrogen) atoms. The van der Waals surface area contributed by atoms with Crippen molar-refractivity contribution in [1.29, 1.82) is 0 Å². The third kappa shape index (κ3) is 2.89. The van der Waals surface area contributed by atoms with Gasteiger partial charge in [-0.15, -0.1) is 0 Å². The summed E-state index contributed by atoms with van der Waals surface area (Å²) in [4.78, 5) is 47.2. The summed E-state index contributed by atoms with van der Waals surface area (Å²) in [6.45, 7) is 5.53. The van der Waals surface area contributed by atoms with Crippen LogP contribution in [-0.2, 0) is 14.4 Å². The summed E-state index contributed by atoms with van der Waals surface area (Å²) in [5.74, 6) is -2.39. The molecule has 0 aliphatic carbocycles. The standard InChI is InChI=1S/C12H19N3O5/c1-5-12(4,9(18)19)13-7(16)6-15-8(17)11(2,3)14-10(15)20/h5-6H2,1-4H3,(H,13,16)(H,14,20)(H,18,19). The molecule has 4 amide bonds. The maximum atomic E-state index is 11.9. The van der Waals surface area contributed by atoms with Gasteiger partial charge in [-0.1, -0.05) is 6.92 Å². The summed E-state index contributed by atoms with van der Waals surface area (Å²) in [6, 6.07) is -0.663. The van der Waals surface area contributed by atoms with E-state index in [2.05, 4.69) is 10.6 Å². The molecule has 1 aliphatic rings. The molecule has 1 atom stereocenters. The first kappa shape index (κ1) is 15.9. The highest BCUT2D eigenvalue weighted by atomic mass is 16.4. The van der Waals surface area contributed by atoms with Crippen molar-refractivity contribution in [3.8, 4) is 0 Å². The molecule has 0 aromatic carbocycles. The third-order valence-corrected chi connectivity index (χ3v) is 3.34. The molecule has 112 valence electrons. The minimum absolute atomic E-state index is 0.180. The maximum Gasteiger partial charge on any atom is 0.329 e. The number of nitrogens with zero attached hydrogens (tertiary/aromatic N) is 1. The van der Waals surface area contributed by atoms with E-state index in [0.29, 0.717) is 0 Å². The first-order valence-corrected chi connectivity index (χ1v) is 6.22. The second-order valence-corrected chi connectivity index (χ2v) is 5.49. The molecule has 0 aromatic rings. The number of carboxylic acid groups (broad SMARTS) is 1. The van der Waals surface area contributed by atoms with Gasteiger partial charge in [0.2, 0.25) is 5.91 Å². The largest absolute Gasteiger partial charge is 0.480 e. The van der Waals surface area contributed by atoms with Crippen LogP contribution in [0.2, 0.25) is 0 Å². The van der Waals surface area contributed by atoms with Gasteiger partial charge in [-0.25, -0.2) is 9.59 Å². The summed E-state index contributed by atoms with van der Waals surface area (Å²) >= 11 is 0. The van der Waals surface area contributed by atoms with Crippen LogP contribution in [0.4, 0.5) is 4.79 Å². The topological polar surface area (TPSA) is 116 Å². The Kier molecular flexibility index (Phi) is 4.07. The van der Waals surface area contributed by atoms with Crippen molar-refractivity contribution in [2.24, 2.45) is 0 Å². The van der Waals surface area contributed by atoms with Gasteiger partial charge in [-0.05, 0) is 27.2 Å². The van der Waals surface area contributed by atoms with Crippen molar-refractivity contribution >= 4 is 23.8 Å². The average Bonchev–Trinajstić information content (AvgIpc) is 2.51. The van der Waals surface area contributed by atoms with Crippen LogP contribution in [0.15, 0.2) is 0 Å². The minimum atomic E-state index is -1.42. The van der Waals surface area contributed by atoms with Gasteiger partial charge < -0.3 is 15.7 Å². The second-order valence-electron chi connectivity index (χ2n) is 5.49. The van der Waals surface area contributed by atoms with E-state index in [9.17, 15) is 19.2 Å². The zero-order valence-corrected chi connectivity index (χ0v) is 11.9. The monoisotopic (exact) mass is 285 g/mol. The molecule has 1 heterocycles. The molecule has 3 N–H and O–H groups in total. The number of imide groups is 1. The zero-order chi connectivity index (χ0) is 15.7. The summed E-state index contributed by atoms with van der Waals surface area (Å²) in [5, 5.41) is 13.8. The number of urea groups is 1. The average molecular weight is 285 g/mol. The Morgan fingerprint density at radius 2 is 1.95 bits per heavy atom. The van der Waals surface area contributed by atoms with Gasteiger partial charge in [0.1, 0.15) is 17.6 Å². The van der Waals surface area contributed by atoms with E-state index >= 15 is 0 Å². The summed E-state index contributed by atoms with van der Waals surface area (Å²) in [6.07, 6.45) is 0.180. The lowest BCUT2D eigenvalue weighted by molar-refractivity contribution is -0.147. The molecule has 0 saturated carbocycles. The molecule has 0 aromatic heterocycles. The van der Waals surface area contributed by atoms with Crippen LogP contribution in [0.5, 0.6) is 0 Å². The molecule has 1 rings (SSSR count). The number of hydrogen-bond donors (Lipinski definition) is 3. The molecule has 1 fully saturated rings. The quantitative estimate of drug-likeness (QED) is 0.599. The van der Waals surface area contributed by atoms with Crippen LogP contribution < -0.4 is 10.6 Å². The number of carbonyl (C=O) groups is 4. The number of carbonyl (C=O) groups excluding carboxylic acids is 3. The molecule has 1 unspecified atom stereocenters. The molecule has 0 spiro atoms. The first-order valence-electron chi connectivity index (χ1n) is 6.22. The molecule has 1 aliphatic heterocycles. The minimum Gasteiger partial charge on any atom is -0.480 e. The molecule has 0 radical (unpaired) electrons. The zero-order valence-electron chi connectivity index (χ0n) is 11.9. The lowest BCUT2D eigenvalue weighted by Crippen LogP contribution is -2.54. The highest BCUT2D eigenvalue weighted by Crippen LogP contribution is 2.16. The molecular weight excluding hydrogens is 266 g/mol. The molecule has 8 heteroatoms. The number of carboxylic acids is 1. The Balaban J connectivity index is 2.75. The predicted octanol–water partition coefficient (Wildman–Crippen LogP) is -0.314. The Morgan fingerprint density at radius 3 is 2.30 bits per heavy atom. The summed E-state index contributed by atoms with van der Waals surface area (Å²) in [7, 11) is 0. The van der Waals surface area contributed by atoms with Gasteiger partial charge in [0, 0.05) is 0 Å². The maximum absolute atomic E-state index is 11.9. The fourth-order valence-corrected chi connectivity index (χ4v) is 1.75. The summed E-state index contributed by atoms with van der Waals surface area (Å²) in [5.41, 5.74) is -2.48. The first-order chi connectivity index (χ1) is 9.03. The van der Waals surface area contributed by atoms with E-state index in [4.69, 9.17) is 5.11 Å². The van der Waals surface area contributed by atoms with E-state index in [1.807, 2.05) is 0 Å². The summed E-state index contributed by atoms with van der Waals surface area (Å²) < 4.78 is 0. The molecular formula is C12H19N3O5. The number of amides is 4. The van der Waals surface area contributed by atoms with E-state index < -0.39 is 41.4 Å². The predicted molar refractivity (Wildman–Crippen MR) is 68.8 cm³/mol. The Morgan fingerprint density at radius 1 is 1.40 bits per heavy atom. The lowest BCUT2D eigenvalue weighted by atomic mass is 9.99. The van der Waals surface area contributed by atoms with Crippen LogP contribution in [0.1, 0.15) is 34.1 Å². The second kappa shape index (κ2) is 5.10. The Labute approximate surface area is 116 Å². The smallest absolute Gasteiger partial charge is 0.329 e. The van der Waals surface area contributed by atoms with Crippen LogP contribution in [0, 0.1) is 0 Å². The highest BCUT2D eigenvalue weighted by Gasteiger charge is 2.45. The van der Waals surface area contributed by atoms with E-state index in [0.717, 1.165) is 4.90 Å². The fraction of sp³-hybridized carbons (Fsp3) is 0.667. The van der Waals surface area contributed by atoms with Crippen molar-refractivity contribution in [2.75, 3.05) is 6.54 Å². The Hall–Kier alpha value is -2.12. The van der Waals surface area contributed by atoms with Gasteiger partial charge in [0.15, 0.2) is 0 Å². The van der Waals surface area contributed by atoms with Crippen LogP contribution in [0.3, 0.4) is 0 Å². The highest BCUT2D eigenvalue weighted by molar-refractivity contribution is 6.08. The molecule has 1 saturated heterocycles. The number of hydrogen-bond acceptors (Lipinski definition) is 4. The number of nitrogens with one attached hydrogen (secondary N) is 2. The van der Waals surface area contributed by atoms with Crippen LogP contribution in [0.25, 0.3) is 0 Å². The van der Waals surface area contributed by atoms with E-state index in [1.165, 1.54) is 20.8 Å². The van der Waals surface area contributed by atoms with Gasteiger partial charge >= 0.3 is 12.0 Å². The third-order valence-electron chi connectivity index (χ3n) is 3.34. The van der Waals surface area contributed by atoms with Crippen LogP contribution in [-0.4, -0.2) is 51.4 Å².